The van der Waals surface area contributed by atoms with E-state index in [-0.39, 0.29) is 23.6 Å². The highest BCUT2D eigenvalue weighted by Gasteiger charge is 2.35. The summed E-state index contributed by atoms with van der Waals surface area (Å²) in [6.45, 7) is 4.78. The lowest BCUT2D eigenvalue weighted by molar-refractivity contribution is 0.0193. The first-order chi connectivity index (χ1) is 26.8. The summed E-state index contributed by atoms with van der Waals surface area (Å²) in [5.41, 5.74) is 7.41. The number of hydrogen-bond donors (Lipinski definition) is 1. The number of carbonyl (C=O) groups is 2. The molecule has 280 valence electrons. The Hall–Kier alpha value is -5.78. The van der Waals surface area contributed by atoms with Crippen molar-refractivity contribution in [3.63, 3.8) is 0 Å². The molecular weight excluding hydrogens is 696 g/mol. The van der Waals surface area contributed by atoms with Gasteiger partial charge in [0.15, 0.2) is 0 Å². The highest BCUT2D eigenvalue weighted by molar-refractivity contribution is 6.13. The molecule has 5 heterocycles. The summed E-state index contributed by atoms with van der Waals surface area (Å²) in [4.78, 5) is 36.0. The number of carbonyl (C=O) groups excluding carboxylic acids is 2. The van der Waals surface area contributed by atoms with Crippen LogP contribution in [0.1, 0.15) is 50.4 Å². The minimum atomic E-state index is -0.449. The number of amides is 2. The summed E-state index contributed by atoms with van der Waals surface area (Å²) in [7, 11) is 1.87. The molecule has 1 saturated heterocycles. The van der Waals surface area contributed by atoms with Crippen LogP contribution in [0.25, 0.3) is 22.2 Å². The quantitative estimate of drug-likeness (QED) is 0.188. The number of benzene rings is 4. The second-order valence-electron chi connectivity index (χ2n) is 14.8. The Morgan fingerprint density at radius 3 is 2.49 bits per heavy atom. The van der Waals surface area contributed by atoms with Crippen molar-refractivity contribution >= 4 is 34.1 Å². The fourth-order valence-corrected chi connectivity index (χ4v) is 8.62. The van der Waals surface area contributed by atoms with E-state index in [1.54, 1.807) is 46.1 Å². The normalized spacial score (nSPS) is 17.2. The third-order valence-corrected chi connectivity index (χ3v) is 11.5. The Labute approximate surface area is 319 Å². The molecule has 1 N–H and O–H groups in total. The maximum Gasteiger partial charge on any atom is 0.264 e. The summed E-state index contributed by atoms with van der Waals surface area (Å²) in [6.07, 6.45) is 4.95. The molecule has 10 nitrogen and oxygen atoms in total. The number of anilines is 2. The molecule has 0 unspecified atom stereocenters. The summed E-state index contributed by atoms with van der Waals surface area (Å²) >= 11 is 0. The number of phenols is 1. The highest BCUT2D eigenvalue weighted by atomic mass is 19.1. The lowest BCUT2D eigenvalue weighted by Crippen LogP contribution is -2.52. The molecule has 1 fully saturated rings. The molecule has 6 aromatic rings. The van der Waals surface area contributed by atoms with E-state index in [0.717, 1.165) is 61.1 Å². The Balaban J connectivity index is 1.13. The van der Waals surface area contributed by atoms with Crippen molar-refractivity contribution in [3.8, 4) is 17.0 Å². The van der Waals surface area contributed by atoms with Gasteiger partial charge in [-0.3, -0.25) is 24.1 Å². The zero-order chi connectivity index (χ0) is 37.6. The molecule has 3 aliphatic heterocycles. The molecule has 2 aromatic heterocycles. The number of morpholine rings is 1. The van der Waals surface area contributed by atoms with Crippen LogP contribution >= 0.6 is 0 Å². The van der Waals surface area contributed by atoms with Crippen molar-refractivity contribution in [2.24, 2.45) is 7.05 Å². The number of halogens is 1. The predicted molar refractivity (Wildman–Crippen MR) is 209 cm³/mol. The molecule has 11 heteroatoms. The van der Waals surface area contributed by atoms with Crippen molar-refractivity contribution in [1.82, 2.24) is 24.1 Å². The number of fused-ring (bicyclic) bond motifs is 3. The van der Waals surface area contributed by atoms with Gasteiger partial charge in [0, 0.05) is 79.4 Å². The standard InChI is InChI=1S/C44H43FN6O4/c1-47-40-16-12-34(23-31(40)26-46-47)51(33-10-13-36(52)14-11-33)44(54)39-25-42(49-17-5-4-8-41(39)49)38-24-32(45)9-15-37(38)43(53)50-27-30-7-3-2-6-29(30)22-35(50)28-48-18-20-55-21-19-48/h2-3,6-7,9-16,23-26,35,52H,4-5,8,17-22,27-28H2,1H3/t35-/m0/s1. The van der Waals surface area contributed by atoms with Crippen LogP contribution in [0, 0.1) is 5.82 Å². The summed E-state index contributed by atoms with van der Waals surface area (Å²) in [5, 5.41) is 15.4. The summed E-state index contributed by atoms with van der Waals surface area (Å²) in [5.74, 6) is -0.768. The second kappa shape index (κ2) is 14.5. The van der Waals surface area contributed by atoms with Crippen molar-refractivity contribution in [2.75, 3.05) is 37.7 Å². The number of rotatable bonds is 7. The van der Waals surface area contributed by atoms with Crippen LogP contribution in [0.5, 0.6) is 5.75 Å². The van der Waals surface area contributed by atoms with Gasteiger partial charge in [0.1, 0.15) is 11.6 Å². The van der Waals surface area contributed by atoms with Gasteiger partial charge in [-0.1, -0.05) is 24.3 Å². The molecule has 4 aromatic carbocycles. The van der Waals surface area contributed by atoms with Crippen molar-refractivity contribution < 1.29 is 23.8 Å². The predicted octanol–water partition coefficient (Wildman–Crippen LogP) is 7.10. The van der Waals surface area contributed by atoms with Gasteiger partial charge in [-0.25, -0.2) is 4.39 Å². The van der Waals surface area contributed by atoms with Gasteiger partial charge >= 0.3 is 0 Å². The molecule has 0 spiro atoms. The molecule has 2 amide bonds. The highest BCUT2D eigenvalue weighted by Crippen LogP contribution is 2.38. The minimum Gasteiger partial charge on any atom is -0.508 e. The molecule has 0 bridgehead atoms. The van der Waals surface area contributed by atoms with Crippen LogP contribution in [-0.4, -0.2) is 80.0 Å². The van der Waals surface area contributed by atoms with Gasteiger partial charge < -0.3 is 19.3 Å². The van der Waals surface area contributed by atoms with E-state index in [1.165, 1.54) is 17.7 Å². The van der Waals surface area contributed by atoms with E-state index in [4.69, 9.17) is 4.74 Å². The Kier molecular flexibility index (Phi) is 9.19. The first-order valence-electron chi connectivity index (χ1n) is 19.1. The van der Waals surface area contributed by atoms with E-state index in [9.17, 15) is 9.90 Å². The zero-order valence-corrected chi connectivity index (χ0v) is 30.8. The van der Waals surface area contributed by atoms with Gasteiger partial charge in [0.05, 0.1) is 36.2 Å². The number of aryl methyl sites for hydroxylation is 1. The van der Waals surface area contributed by atoms with Crippen molar-refractivity contribution in [3.05, 3.63) is 131 Å². The monoisotopic (exact) mass is 738 g/mol. The van der Waals surface area contributed by atoms with E-state index >= 15 is 9.18 Å². The fraction of sp³-hybridized carbons (Fsp3) is 0.295. The van der Waals surface area contributed by atoms with Gasteiger partial charge in [-0.15, -0.1) is 0 Å². The van der Waals surface area contributed by atoms with Crippen LogP contribution in [0.15, 0.2) is 97.2 Å². The largest absolute Gasteiger partial charge is 0.508 e. The molecule has 0 saturated carbocycles. The van der Waals surface area contributed by atoms with Gasteiger partial charge in [0.2, 0.25) is 0 Å². The minimum absolute atomic E-state index is 0.0761. The third kappa shape index (κ3) is 6.57. The maximum atomic E-state index is 15.4. The second-order valence-corrected chi connectivity index (χ2v) is 14.8. The average molecular weight is 739 g/mol. The molecule has 0 aliphatic carbocycles. The van der Waals surface area contributed by atoms with Crippen molar-refractivity contribution in [1.29, 1.82) is 0 Å². The van der Waals surface area contributed by atoms with Crippen LogP contribution in [-0.2, 0) is 37.7 Å². The van der Waals surface area contributed by atoms with Gasteiger partial charge in [-0.2, -0.15) is 5.10 Å². The van der Waals surface area contributed by atoms with E-state index in [1.807, 2.05) is 42.3 Å². The van der Waals surface area contributed by atoms with Crippen molar-refractivity contribution in [2.45, 2.75) is 44.8 Å². The topological polar surface area (TPSA) is 96.1 Å². The Morgan fingerprint density at radius 1 is 0.891 bits per heavy atom. The van der Waals surface area contributed by atoms with E-state index < -0.39 is 5.82 Å². The molecule has 55 heavy (non-hydrogen) atoms. The molecule has 0 radical (unpaired) electrons. The van der Waals surface area contributed by atoms with Crippen LogP contribution in [0.3, 0.4) is 0 Å². The molecule has 1 atom stereocenters. The zero-order valence-electron chi connectivity index (χ0n) is 30.8. The SMILES string of the molecule is Cn1ncc2cc(N(C(=O)c3cc(-c4cc(F)ccc4C(=O)N4Cc5ccccc5C[C@H]4CN4CCOCC4)n4c3CCCC4)c3ccc(O)cc3)ccc21. The first-order valence-corrected chi connectivity index (χ1v) is 19.1. The summed E-state index contributed by atoms with van der Waals surface area (Å²) < 4.78 is 24.9. The number of aromatic nitrogens is 3. The first kappa shape index (κ1) is 35.0. The number of ether oxygens (including phenoxy) is 1. The lowest BCUT2D eigenvalue weighted by atomic mass is 9.92. The number of hydrogen-bond acceptors (Lipinski definition) is 6. The van der Waals surface area contributed by atoms with Gasteiger partial charge in [0.25, 0.3) is 11.8 Å². The Morgan fingerprint density at radius 2 is 1.67 bits per heavy atom. The van der Waals surface area contributed by atoms with Crippen LogP contribution in [0.4, 0.5) is 15.8 Å². The average Bonchev–Trinajstić information content (AvgIpc) is 3.79. The van der Waals surface area contributed by atoms with Crippen LogP contribution < -0.4 is 4.90 Å². The van der Waals surface area contributed by atoms with E-state index in [0.29, 0.717) is 66.5 Å². The number of nitrogens with zero attached hydrogens (tertiary/aromatic N) is 6. The maximum absolute atomic E-state index is 15.4. The van der Waals surface area contributed by atoms with Crippen LogP contribution in [0.2, 0.25) is 0 Å². The lowest BCUT2D eigenvalue weighted by Gasteiger charge is -2.40. The Bertz CT molecular complexity index is 2410. The molecular formula is C44H43FN6O4. The number of aromatic hydroxyl groups is 1. The smallest absolute Gasteiger partial charge is 0.264 e. The third-order valence-electron chi connectivity index (χ3n) is 11.5. The molecule has 9 rings (SSSR count). The summed E-state index contributed by atoms with van der Waals surface area (Å²) in [6, 6.07) is 26.8. The molecule has 3 aliphatic rings. The number of phenolic OH excluding ortho intramolecular Hbond substituents is 1. The van der Waals surface area contributed by atoms with Gasteiger partial charge in [-0.05, 0) is 104 Å². The fourth-order valence-electron chi connectivity index (χ4n) is 8.62. The van der Waals surface area contributed by atoms with E-state index in [2.05, 4.69) is 32.8 Å².